The number of hydrogen-bond acceptors (Lipinski definition) is 3. The highest BCUT2D eigenvalue weighted by atomic mass is 32.2. The lowest BCUT2D eigenvalue weighted by atomic mass is 9.88. The molecule has 7 heteroatoms. The van der Waals surface area contributed by atoms with Crippen molar-refractivity contribution in [2.75, 3.05) is 13.1 Å². The Hall–Kier alpha value is -2.64. The molecule has 0 bridgehead atoms. The van der Waals surface area contributed by atoms with E-state index in [2.05, 4.69) is 23.5 Å². The molecule has 1 fully saturated rings. The van der Waals surface area contributed by atoms with Crippen LogP contribution in [0.2, 0.25) is 0 Å². The molecule has 2 aliphatic rings. The molecule has 0 saturated carbocycles. The molecule has 1 aliphatic carbocycles. The van der Waals surface area contributed by atoms with Gasteiger partial charge in [0.2, 0.25) is 15.9 Å². The van der Waals surface area contributed by atoms with Crippen LogP contribution >= 0.6 is 0 Å². The van der Waals surface area contributed by atoms with Crippen LogP contribution in [0.3, 0.4) is 0 Å². The van der Waals surface area contributed by atoms with Crippen molar-refractivity contribution in [2.45, 2.75) is 56.0 Å². The first-order chi connectivity index (χ1) is 15.5. The van der Waals surface area contributed by atoms with Gasteiger partial charge in [0.25, 0.3) is 0 Å². The number of benzene rings is 2. The van der Waals surface area contributed by atoms with Crippen LogP contribution in [0.4, 0.5) is 0 Å². The maximum atomic E-state index is 12.8. The molecule has 168 valence electrons. The average Bonchev–Trinajstić information content (AvgIpc) is 3.48. The summed E-state index contributed by atoms with van der Waals surface area (Å²) in [6.45, 7) is 1.76. The van der Waals surface area contributed by atoms with Crippen LogP contribution in [-0.4, -0.2) is 36.3 Å². The first-order valence-electron chi connectivity index (χ1n) is 11.5. The van der Waals surface area contributed by atoms with Gasteiger partial charge in [-0.1, -0.05) is 24.3 Å². The molecule has 1 atom stereocenters. The number of carbonyl (C=O) groups excluding carboxylic acids is 1. The van der Waals surface area contributed by atoms with Gasteiger partial charge in [0.05, 0.1) is 10.9 Å². The largest absolute Gasteiger partial charge is 0.349 e. The van der Waals surface area contributed by atoms with E-state index in [-0.39, 0.29) is 11.9 Å². The van der Waals surface area contributed by atoms with E-state index in [9.17, 15) is 13.2 Å². The van der Waals surface area contributed by atoms with Crippen LogP contribution in [0.25, 0.3) is 10.9 Å². The van der Waals surface area contributed by atoms with Crippen LogP contribution in [-0.2, 0) is 27.8 Å². The van der Waals surface area contributed by atoms with Crippen molar-refractivity contribution < 1.29 is 13.2 Å². The zero-order valence-corrected chi connectivity index (χ0v) is 19.0. The van der Waals surface area contributed by atoms with Crippen molar-refractivity contribution in [3.05, 3.63) is 65.9 Å². The van der Waals surface area contributed by atoms with Crippen molar-refractivity contribution >= 4 is 26.8 Å². The number of nitrogens with zero attached hydrogens (tertiary/aromatic N) is 2. The third-order valence-electron chi connectivity index (χ3n) is 6.73. The Morgan fingerprint density at radius 2 is 1.84 bits per heavy atom. The molecule has 2 heterocycles. The standard InChI is InChI=1S/C25H29N3O3S/c29-25(26-23-9-5-7-19-6-1-2-8-22(19)23)13-17-27-16-12-20-18-21(10-11-24(20)27)32(30,31)28-14-3-4-15-28/h1-2,6,8,10-12,16,18,23H,3-5,7,9,13-15,17H2,(H,26,29)/t23-/m1/s1. The van der Waals surface area contributed by atoms with Gasteiger partial charge in [-0.2, -0.15) is 4.31 Å². The molecular formula is C25H29N3O3S. The second kappa shape index (κ2) is 8.71. The van der Waals surface area contributed by atoms with Gasteiger partial charge in [-0.3, -0.25) is 4.79 Å². The molecule has 3 aromatic rings. The minimum absolute atomic E-state index is 0.0433. The van der Waals surface area contributed by atoms with E-state index in [4.69, 9.17) is 0 Å². The van der Waals surface area contributed by atoms with Crippen molar-refractivity contribution in [1.82, 2.24) is 14.2 Å². The SMILES string of the molecule is O=C(CCn1ccc2cc(S(=O)(=O)N3CCCC3)ccc21)N[C@@H]1CCCc2ccccc21. The summed E-state index contributed by atoms with van der Waals surface area (Å²) in [4.78, 5) is 13.0. The number of carbonyl (C=O) groups is 1. The van der Waals surface area contributed by atoms with Crippen LogP contribution in [0.1, 0.15) is 49.3 Å². The molecule has 6 nitrogen and oxygen atoms in total. The lowest BCUT2D eigenvalue weighted by Crippen LogP contribution is -2.31. The van der Waals surface area contributed by atoms with Gasteiger partial charge in [0.15, 0.2) is 0 Å². The predicted octanol–water partition coefficient (Wildman–Crippen LogP) is 4.01. The molecular weight excluding hydrogens is 422 g/mol. The van der Waals surface area contributed by atoms with Crippen molar-refractivity contribution in [3.63, 3.8) is 0 Å². The van der Waals surface area contributed by atoms with Gasteiger partial charge in [0, 0.05) is 43.2 Å². The molecule has 32 heavy (non-hydrogen) atoms. The van der Waals surface area contributed by atoms with Crippen LogP contribution in [0, 0.1) is 0 Å². The van der Waals surface area contributed by atoms with Gasteiger partial charge in [-0.05, 0) is 67.5 Å². The van der Waals surface area contributed by atoms with E-state index in [0.29, 0.717) is 31.0 Å². The number of hydrogen-bond donors (Lipinski definition) is 1. The summed E-state index contributed by atoms with van der Waals surface area (Å²) in [5, 5.41) is 4.09. The van der Waals surface area contributed by atoms with Gasteiger partial charge >= 0.3 is 0 Å². The average molecular weight is 452 g/mol. The maximum Gasteiger partial charge on any atom is 0.243 e. The maximum absolute atomic E-state index is 12.8. The topological polar surface area (TPSA) is 71.4 Å². The lowest BCUT2D eigenvalue weighted by Gasteiger charge is -2.26. The highest BCUT2D eigenvalue weighted by Gasteiger charge is 2.27. The summed E-state index contributed by atoms with van der Waals surface area (Å²) in [5.41, 5.74) is 3.52. The zero-order chi connectivity index (χ0) is 22.1. The van der Waals surface area contributed by atoms with Crippen LogP contribution in [0.5, 0.6) is 0 Å². The van der Waals surface area contributed by atoms with Gasteiger partial charge in [-0.15, -0.1) is 0 Å². The first-order valence-corrected chi connectivity index (χ1v) is 12.9. The Labute approximate surface area is 189 Å². The number of amides is 1. The normalized spacial score (nSPS) is 19.2. The molecule has 0 spiro atoms. The summed E-state index contributed by atoms with van der Waals surface area (Å²) >= 11 is 0. The van der Waals surface area contributed by atoms with Crippen molar-refractivity contribution in [2.24, 2.45) is 0 Å². The van der Waals surface area contributed by atoms with E-state index in [1.165, 1.54) is 11.1 Å². The van der Waals surface area contributed by atoms with Crippen molar-refractivity contribution in [1.29, 1.82) is 0 Å². The third-order valence-corrected chi connectivity index (χ3v) is 8.62. The minimum atomic E-state index is -3.43. The number of nitrogens with one attached hydrogen (secondary N) is 1. The Morgan fingerprint density at radius 3 is 2.69 bits per heavy atom. The summed E-state index contributed by atoms with van der Waals surface area (Å²) < 4.78 is 29.3. The molecule has 1 saturated heterocycles. The quantitative estimate of drug-likeness (QED) is 0.616. The molecule has 1 aliphatic heterocycles. The van der Waals surface area contributed by atoms with Crippen molar-refractivity contribution in [3.8, 4) is 0 Å². The molecule has 2 aromatic carbocycles. The zero-order valence-electron chi connectivity index (χ0n) is 18.2. The first kappa shape index (κ1) is 21.2. The minimum Gasteiger partial charge on any atom is -0.349 e. The molecule has 1 amide bonds. The number of rotatable bonds is 6. The van der Waals surface area contributed by atoms with Crippen LogP contribution < -0.4 is 5.32 Å². The number of aryl methyl sites for hydroxylation is 2. The lowest BCUT2D eigenvalue weighted by molar-refractivity contribution is -0.122. The number of sulfonamides is 1. The molecule has 1 N–H and O–H groups in total. The summed E-state index contributed by atoms with van der Waals surface area (Å²) in [6.07, 6.45) is 7.30. The Balaban J connectivity index is 1.26. The molecule has 0 radical (unpaired) electrons. The fourth-order valence-electron chi connectivity index (χ4n) is 5.00. The Bertz CT molecular complexity index is 1240. The second-order valence-corrected chi connectivity index (χ2v) is 10.7. The van der Waals surface area contributed by atoms with Crippen LogP contribution in [0.15, 0.2) is 59.6 Å². The van der Waals surface area contributed by atoms with Gasteiger partial charge in [0.1, 0.15) is 0 Å². The molecule has 1 aromatic heterocycles. The van der Waals surface area contributed by atoms with E-state index in [0.717, 1.165) is 43.0 Å². The van der Waals surface area contributed by atoms with E-state index in [1.54, 1.807) is 16.4 Å². The molecule has 0 unspecified atom stereocenters. The Morgan fingerprint density at radius 1 is 1.03 bits per heavy atom. The predicted molar refractivity (Wildman–Crippen MR) is 125 cm³/mol. The highest BCUT2D eigenvalue weighted by molar-refractivity contribution is 7.89. The van der Waals surface area contributed by atoms with E-state index < -0.39 is 10.0 Å². The third kappa shape index (κ3) is 4.07. The summed E-state index contributed by atoms with van der Waals surface area (Å²) in [5.74, 6) is 0.0433. The number of fused-ring (bicyclic) bond motifs is 2. The van der Waals surface area contributed by atoms with Gasteiger partial charge < -0.3 is 9.88 Å². The highest BCUT2D eigenvalue weighted by Crippen LogP contribution is 2.29. The fourth-order valence-corrected chi connectivity index (χ4v) is 6.56. The monoisotopic (exact) mass is 451 g/mol. The fraction of sp³-hybridized carbons (Fsp3) is 0.400. The number of aromatic nitrogens is 1. The van der Waals surface area contributed by atoms with Gasteiger partial charge in [-0.25, -0.2) is 8.42 Å². The summed E-state index contributed by atoms with van der Waals surface area (Å²) in [7, 11) is -3.43. The van der Waals surface area contributed by atoms with E-state index >= 15 is 0 Å². The smallest absolute Gasteiger partial charge is 0.243 e. The summed E-state index contributed by atoms with van der Waals surface area (Å²) in [6, 6.07) is 15.7. The second-order valence-electron chi connectivity index (χ2n) is 8.80. The van der Waals surface area contributed by atoms with E-state index in [1.807, 2.05) is 29.0 Å². The molecule has 5 rings (SSSR count). The Kier molecular flexibility index (Phi) is 5.78.